The summed E-state index contributed by atoms with van der Waals surface area (Å²) in [5, 5.41) is 7.33. The van der Waals surface area contributed by atoms with Crippen LogP contribution in [0.15, 0.2) is 40.2 Å². The second-order valence-corrected chi connectivity index (χ2v) is 5.42. The maximum Gasteiger partial charge on any atom is 0.341 e. The number of aryl methyl sites for hydroxylation is 1. The standard InChI is InChI=1S/C12H12FN3O2S.C2H6/c1-8-3-5-9(6-4-8)19(18)16-7-10(13)11(14)15(2)12(16)17;1-2/h3-7,14H,1-2H3;1-2H3. The van der Waals surface area contributed by atoms with Crippen LogP contribution < -0.4 is 11.2 Å². The molecule has 1 atom stereocenters. The van der Waals surface area contributed by atoms with Gasteiger partial charge in [0.1, 0.15) is 0 Å². The number of hydrogen-bond acceptors (Lipinski definition) is 3. The third kappa shape index (κ3) is 3.55. The van der Waals surface area contributed by atoms with E-state index in [9.17, 15) is 13.4 Å². The van der Waals surface area contributed by atoms with E-state index in [1.807, 2.05) is 20.8 Å². The lowest BCUT2D eigenvalue weighted by atomic mass is 10.2. The molecule has 1 unspecified atom stereocenters. The lowest BCUT2D eigenvalue weighted by Gasteiger charge is -2.08. The van der Waals surface area contributed by atoms with Crippen molar-refractivity contribution in [3.8, 4) is 0 Å². The quantitative estimate of drug-likeness (QED) is 0.917. The summed E-state index contributed by atoms with van der Waals surface area (Å²) in [6, 6.07) is 6.75. The highest BCUT2D eigenvalue weighted by molar-refractivity contribution is 7.83. The minimum absolute atomic E-state index is 0.393. The van der Waals surface area contributed by atoms with Gasteiger partial charge in [0.15, 0.2) is 22.3 Å². The van der Waals surface area contributed by atoms with Crippen molar-refractivity contribution in [1.29, 1.82) is 5.41 Å². The molecule has 0 spiro atoms. The largest absolute Gasteiger partial charge is 0.341 e. The Labute approximate surface area is 124 Å². The van der Waals surface area contributed by atoms with E-state index < -0.39 is 28.0 Å². The molecule has 0 radical (unpaired) electrons. The van der Waals surface area contributed by atoms with Crippen molar-refractivity contribution in [3.05, 3.63) is 57.8 Å². The van der Waals surface area contributed by atoms with Crippen LogP contribution in [0.2, 0.25) is 0 Å². The van der Waals surface area contributed by atoms with Gasteiger partial charge in [-0.1, -0.05) is 31.5 Å². The van der Waals surface area contributed by atoms with Crippen LogP contribution in [0.25, 0.3) is 0 Å². The highest BCUT2D eigenvalue weighted by atomic mass is 32.2. The summed E-state index contributed by atoms with van der Waals surface area (Å²) >= 11 is 0. The molecule has 1 aromatic carbocycles. The summed E-state index contributed by atoms with van der Waals surface area (Å²) in [5.41, 5.74) is -0.251. The van der Waals surface area contributed by atoms with Gasteiger partial charge < -0.3 is 0 Å². The average Bonchev–Trinajstić information content (AvgIpc) is 2.51. The van der Waals surface area contributed by atoms with E-state index in [0.717, 1.165) is 20.3 Å². The van der Waals surface area contributed by atoms with Crippen molar-refractivity contribution in [2.24, 2.45) is 7.05 Å². The monoisotopic (exact) mass is 311 g/mol. The lowest BCUT2D eigenvalue weighted by Crippen LogP contribution is -2.40. The molecule has 0 aliphatic carbocycles. The predicted octanol–water partition coefficient (Wildman–Crippen LogP) is 1.71. The fraction of sp³-hybridized carbons (Fsp3) is 0.286. The molecule has 1 heterocycles. The van der Waals surface area contributed by atoms with E-state index in [1.165, 1.54) is 7.05 Å². The van der Waals surface area contributed by atoms with Gasteiger partial charge in [0.05, 0.1) is 11.1 Å². The fourth-order valence-electron chi connectivity index (χ4n) is 1.51. The van der Waals surface area contributed by atoms with Crippen molar-refractivity contribution >= 4 is 11.0 Å². The zero-order valence-corrected chi connectivity index (χ0v) is 13.2. The van der Waals surface area contributed by atoms with Crippen molar-refractivity contribution in [2.75, 3.05) is 0 Å². The summed E-state index contributed by atoms with van der Waals surface area (Å²) in [6.45, 7) is 5.88. The van der Waals surface area contributed by atoms with Gasteiger partial charge in [0, 0.05) is 7.05 Å². The molecule has 0 bridgehead atoms. The van der Waals surface area contributed by atoms with E-state index in [2.05, 4.69) is 0 Å². The first-order valence-corrected chi connectivity index (χ1v) is 7.54. The molecule has 0 aliphatic heterocycles. The van der Waals surface area contributed by atoms with Crippen LogP contribution in [-0.2, 0) is 18.0 Å². The molecular weight excluding hydrogens is 293 g/mol. The van der Waals surface area contributed by atoms with Crippen LogP contribution in [0.1, 0.15) is 19.4 Å². The highest BCUT2D eigenvalue weighted by Crippen LogP contribution is 2.08. The molecular formula is C14H18FN3O2S. The first-order chi connectivity index (χ1) is 9.91. The number of halogens is 1. The third-order valence-electron chi connectivity index (χ3n) is 2.67. The van der Waals surface area contributed by atoms with Crippen molar-refractivity contribution < 1.29 is 8.60 Å². The molecule has 0 saturated heterocycles. The van der Waals surface area contributed by atoms with E-state index in [4.69, 9.17) is 5.41 Å². The van der Waals surface area contributed by atoms with Crippen LogP contribution in [-0.4, -0.2) is 12.7 Å². The Morgan fingerprint density at radius 2 is 1.71 bits per heavy atom. The highest BCUT2D eigenvalue weighted by Gasteiger charge is 2.12. The van der Waals surface area contributed by atoms with Crippen molar-refractivity contribution in [3.63, 3.8) is 0 Å². The first-order valence-electron chi connectivity index (χ1n) is 6.43. The molecule has 0 fully saturated rings. The Bertz CT molecular complexity index is 763. The molecule has 1 aromatic heterocycles. The maximum absolute atomic E-state index is 13.5. The summed E-state index contributed by atoms with van der Waals surface area (Å²) in [7, 11) is -0.575. The van der Waals surface area contributed by atoms with E-state index in [-0.39, 0.29) is 0 Å². The van der Waals surface area contributed by atoms with Crippen molar-refractivity contribution in [2.45, 2.75) is 25.7 Å². The predicted molar refractivity (Wildman–Crippen MR) is 79.8 cm³/mol. The number of nitrogens with one attached hydrogen (secondary N) is 1. The zero-order chi connectivity index (χ0) is 16.2. The third-order valence-corrected chi connectivity index (χ3v) is 3.96. The zero-order valence-electron chi connectivity index (χ0n) is 12.4. The van der Waals surface area contributed by atoms with E-state index in [1.54, 1.807) is 24.3 Å². The summed E-state index contributed by atoms with van der Waals surface area (Å²) in [5.74, 6) is -0.900. The van der Waals surface area contributed by atoms with Crippen LogP contribution >= 0.6 is 0 Å². The van der Waals surface area contributed by atoms with E-state index in [0.29, 0.717) is 4.90 Å². The minimum Gasteiger partial charge on any atom is -0.282 e. The number of nitrogens with zero attached hydrogens (tertiary/aromatic N) is 2. The SMILES string of the molecule is CC.Cc1ccc(S(=O)n2cc(F)c(=N)n(C)c2=O)cc1. The second-order valence-electron chi connectivity index (χ2n) is 4.06. The normalized spacial score (nSPS) is 11.5. The summed E-state index contributed by atoms with van der Waals surface area (Å²) < 4.78 is 27.3. The number of benzene rings is 1. The van der Waals surface area contributed by atoms with Gasteiger partial charge in [-0.15, -0.1) is 0 Å². The molecule has 0 amide bonds. The first kappa shape index (κ1) is 17.0. The molecule has 5 nitrogen and oxygen atoms in total. The molecule has 21 heavy (non-hydrogen) atoms. The van der Waals surface area contributed by atoms with Gasteiger partial charge in [-0.05, 0) is 19.1 Å². The van der Waals surface area contributed by atoms with Gasteiger partial charge in [0.2, 0.25) is 0 Å². The Morgan fingerprint density at radius 1 is 1.19 bits per heavy atom. The van der Waals surface area contributed by atoms with Crippen LogP contribution in [0, 0.1) is 18.2 Å². The summed E-state index contributed by atoms with van der Waals surface area (Å²) in [4.78, 5) is 12.3. The van der Waals surface area contributed by atoms with Gasteiger partial charge in [-0.2, -0.15) is 0 Å². The topological polar surface area (TPSA) is 67.8 Å². The fourth-order valence-corrected chi connectivity index (χ4v) is 2.56. The Kier molecular flexibility index (Phi) is 5.78. The number of aromatic nitrogens is 2. The molecule has 114 valence electrons. The number of rotatable bonds is 2. The average molecular weight is 311 g/mol. The van der Waals surface area contributed by atoms with Crippen LogP contribution in [0.3, 0.4) is 0 Å². The van der Waals surface area contributed by atoms with Crippen LogP contribution in [0.4, 0.5) is 4.39 Å². The second kappa shape index (κ2) is 7.12. The molecule has 0 saturated carbocycles. The Hall–Kier alpha value is -2.02. The van der Waals surface area contributed by atoms with Gasteiger partial charge in [-0.3, -0.25) is 9.98 Å². The van der Waals surface area contributed by atoms with Gasteiger partial charge >= 0.3 is 5.69 Å². The van der Waals surface area contributed by atoms with Gasteiger partial charge in [0.25, 0.3) is 0 Å². The smallest absolute Gasteiger partial charge is 0.282 e. The number of hydrogen-bond donors (Lipinski definition) is 1. The lowest BCUT2D eigenvalue weighted by molar-refractivity contribution is 0.547. The molecule has 7 heteroatoms. The maximum atomic E-state index is 13.5. The summed E-state index contributed by atoms with van der Waals surface area (Å²) in [6.07, 6.45) is 0.792. The van der Waals surface area contributed by atoms with Gasteiger partial charge in [-0.25, -0.2) is 17.4 Å². The molecule has 2 rings (SSSR count). The molecule has 1 N–H and O–H groups in total. The molecule has 2 aromatic rings. The Balaban J connectivity index is 0.00000106. The molecule has 0 aliphatic rings. The van der Waals surface area contributed by atoms with E-state index >= 15 is 0 Å². The minimum atomic E-state index is -1.84. The Morgan fingerprint density at radius 3 is 2.24 bits per heavy atom. The van der Waals surface area contributed by atoms with Crippen LogP contribution in [0.5, 0.6) is 0 Å². The van der Waals surface area contributed by atoms with Crippen molar-refractivity contribution in [1.82, 2.24) is 8.54 Å².